The molecule has 0 amide bonds. The third kappa shape index (κ3) is 3.26. The molecule has 3 aromatic heterocycles. The fourth-order valence-corrected chi connectivity index (χ4v) is 5.34. The number of nitrogens with zero attached hydrogens (tertiary/aromatic N) is 4. The van der Waals surface area contributed by atoms with Gasteiger partial charge in [0, 0.05) is 12.2 Å². The van der Waals surface area contributed by atoms with Gasteiger partial charge in [-0.25, -0.2) is 15.0 Å². The molecule has 0 spiro atoms. The Balaban J connectivity index is 1.14. The summed E-state index contributed by atoms with van der Waals surface area (Å²) in [4.78, 5) is 12.9. The predicted octanol–water partition coefficient (Wildman–Crippen LogP) is 5.23. The highest BCUT2D eigenvalue weighted by atomic mass is 32.1. The molecule has 0 aliphatic heterocycles. The Labute approximate surface area is 168 Å². The first-order valence-electron chi connectivity index (χ1n) is 10.1. The number of aromatic nitrogens is 4. The maximum absolute atomic E-state index is 5.96. The van der Waals surface area contributed by atoms with Crippen molar-refractivity contribution in [3.8, 4) is 0 Å². The van der Waals surface area contributed by atoms with Gasteiger partial charge < -0.3 is 10.3 Å². The van der Waals surface area contributed by atoms with Gasteiger partial charge in [-0.3, -0.25) is 0 Å². The Kier molecular flexibility index (Phi) is 4.51. The summed E-state index contributed by atoms with van der Waals surface area (Å²) in [6.07, 6.45) is 10.0. The standard InChI is InChI=1S/C22H25N5S/c1-14(27-7-6-18-21(23)24-12-25-22(18)27)2-3-15-8-17(9-15)10-16-4-5-19-20(11-16)28-13-26-19/h4-7,11-15,17H,2-3,8-10H2,1H3,(H2,23,24,25). The molecule has 4 aromatic rings. The zero-order chi connectivity index (χ0) is 19.1. The van der Waals surface area contributed by atoms with Crippen LogP contribution in [0.3, 0.4) is 0 Å². The van der Waals surface area contributed by atoms with Crippen LogP contribution in [0.1, 0.15) is 44.2 Å². The summed E-state index contributed by atoms with van der Waals surface area (Å²) in [6, 6.07) is 9.20. The summed E-state index contributed by atoms with van der Waals surface area (Å²) < 4.78 is 3.55. The summed E-state index contributed by atoms with van der Waals surface area (Å²) in [5.74, 6) is 2.26. The maximum Gasteiger partial charge on any atom is 0.145 e. The van der Waals surface area contributed by atoms with Crippen molar-refractivity contribution in [3.63, 3.8) is 0 Å². The fraction of sp³-hybridized carbons (Fsp3) is 0.409. The zero-order valence-electron chi connectivity index (χ0n) is 16.1. The van der Waals surface area contributed by atoms with E-state index in [0.717, 1.165) is 28.4 Å². The van der Waals surface area contributed by atoms with Crippen molar-refractivity contribution in [3.05, 3.63) is 47.9 Å². The number of anilines is 1. The minimum Gasteiger partial charge on any atom is -0.383 e. The summed E-state index contributed by atoms with van der Waals surface area (Å²) >= 11 is 1.74. The molecule has 5 nitrogen and oxygen atoms in total. The van der Waals surface area contributed by atoms with Crippen LogP contribution in [-0.4, -0.2) is 19.5 Å². The number of nitrogens with two attached hydrogens (primary N) is 1. The Bertz CT molecular complexity index is 1110. The summed E-state index contributed by atoms with van der Waals surface area (Å²) in [6.45, 7) is 2.28. The van der Waals surface area contributed by atoms with Gasteiger partial charge in [0.05, 0.1) is 21.1 Å². The lowest BCUT2D eigenvalue weighted by molar-refractivity contribution is 0.172. The number of fused-ring (bicyclic) bond motifs is 2. The van der Waals surface area contributed by atoms with Crippen molar-refractivity contribution in [2.24, 2.45) is 11.8 Å². The Morgan fingerprint density at radius 2 is 2.07 bits per heavy atom. The van der Waals surface area contributed by atoms with Crippen LogP contribution in [0.25, 0.3) is 21.3 Å². The second kappa shape index (κ2) is 7.17. The minimum absolute atomic E-state index is 0.430. The zero-order valence-corrected chi connectivity index (χ0v) is 16.9. The van der Waals surface area contributed by atoms with Crippen molar-refractivity contribution in [2.45, 2.75) is 45.1 Å². The number of hydrogen-bond acceptors (Lipinski definition) is 5. The van der Waals surface area contributed by atoms with E-state index in [0.29, 0.717) is 11.9 Å². The third-order valence-corrected chi connectivity index (χ3v) is 7.05. The summed E-state index contributed by atoms with van der Waals surface area (Å²) in [5, 5.41) is 0.955. The van der Waals surface area contributed by atoms with Crippen molar-refractivity contribution in [1.82, 2.24) is 19.5 Å². The first kappa shape index (κ1) is 17.6. The lowest BCUT2D eigenvalue weighted by atomic mass is 9.70. The summed E-state index contributed by atoms with van der Waals surface area (Å²) in [5.41, 5.74) is 11.4. The Morgan fingerprint density at radius 1 is 1.18 bits per heavy atom. The van der Waals surface area contributed by atoms with Crippen molar-refractivity contribution < 1.29 is 0 Å². The second-order valence-corrected chi connectivity index (χ2v) is 9.09. The monoisotopic (exact) mass is 391 g/mol. The molecule has 1 aliphatic rings. The lowest BCUT2D eigenvalue weighted by Gasteiger charge is -2.36. The van der Waals surface area contributed by atoms with Gasteiger partial charge in [-0.1, -0.05) is 6.07 Å². The maximum atomic E-state index is 5.96. The van der Waals surface area contributed by atoms with Crippen LogP contribution in [0, 0.1) is 11.8 Å². The van der Waals surface area contributed by atoms with Crippen molar-refractivity contribution >= 4 is 38.4 Å². The molecule has 1 aliphatic carbocycles. The molecule has 2 N–H and O–H groups in total. The molecule has 5 rings (SSSR count). The van der Waals surface area contributed by atoms with E-state index in [-0.39, 0.29) is 0 Å². The average Bonchev–Trinajstić information content (AvgIpc) is 3.30. The molecule has 1 aromatic carbocycles. The molecule has 28 heavy (non-hydrogen) atoms. The largest absolute Gasteiger partial charge is 0.383 e. The molecular weight excluding hydrogens is 366 g/mol. The van der Waals surface area contributed by atoms with E-state index >= 15 is 0 Å². The van der Waals surface area contributed by atoms with Gasteiger partial charge in [0.25, 0.3) is 0 Å². The topological polar surface area (TPSA) is 69.6 Å². The first-order chi connectivity index (χ1) is 13.7. The summed E-state index contributed by atoms with van der Waals surface area (Å²) in [7, 11) is 0. The molecule has 1 fully saturated rings. The van der Waals surface area contributed by atoms with Gasteiger partial charge in [0.15, 0.2) is 0 Å². The van der Waals surface area contributed by atoms with Crippen LogP contribution in [0.15, 0.2) is 42.3 Å². The smallest absolute Gasteiger partial charge is 0.145 e. The normalized spacial score (nSPS) is 20.5. The first-order valence-corrected chi connectivity index (χ1v) is 10.9. The minimum atomic E-state index is 0.430. The lowest BCUT2D eigenvalue weighted by Crippen LogP contribution is -2.26. The fourth-order valence-electron chi connectivity index (χ4n) is 4.60. The number of rotatable bonds is 6. The second-order valence-electron chi connectivity index (χ2n) is 8.21. The molecule has 1 saturated carbocycles. The van der Waals surface area contributed by atoms with Crippen LogP contribution >= 0.6 is 11.3 Å². The van der Waals surface area contributed by atoms with E-state index in [2.05, 4.69) is 50.8 Å². The van der Waals surface area contributed by atoms with Crippen LogP contribution in [0.5, 0.6) is 0 Å². The van der Waals surface area contributed by atoms with Gasteiger partial charge in [-0.15, -0.1) is 11.3 Å². The molecule has 1 atom stereocenters. The quantitative estimate of drug-likeness (QED) is 0.488. The SMILES string of the molecule is CC(CCC1CC(Cc2ccc3ncsc3c2)C1)n1ccc2c(N)ncnc21. The van der Waals surface area contributed by atoms with E-state index in [1.165, 1.54) is 42.4 Å². The highest BCUT2D eigenvalue weighted by molar-refractivity contribution is 7.16. The van der Waals surface area contributed by atoms with Crippen molar-refractivity contribution in [1.29, 1.82) is 0 Å². The van der Waals surface area contributed by atoms with Gasteiger partial charge in [-0.05, 0) is 74.6 Å². The molecule has 3 heterocycles. The average molecular weight is 392 g/mol. The van der Waals surface area contributed by atoms with E-state index in [1.807, 2.05) is 11.6 Å². The van der Waals surface area contributed by atoms with Gasteiger partial charge >= 0.3 is 0 Å². The van der Waals surface area contributed by atoms with Crippen LogP contribution in [0.2, 0.25) is 0 Å². The van der Waals surface area contributed by atoms with E-state index < -0.39 is 0 Å². The van der Waals surface area contributed by atoms with Gasteiger partial charge in [0.2, 0.25) is 0 Å². The highest BCUT2D eigenvalue weighted by Crippen LogP contribution is 2.40. The van der Waals surface area contributed by atoms with E-state index in [9.17, 15) is 0 Å². The Hall–Kier alpha value is -2.47. The van der Waals surface area contributed by atoms with Crippen LogP contribution in [-0.2, 0) is 6.42 Å². The van der Waals surface area contributed by atoms with E-state index in [1.54, 1.807) is 17.7 Å². The highest BCUT2D eigenvalue weighted by Gasteiger charge is 2.29. The number of hydrogen-bond donors (Lipinski definition) is 1. The van der Waals surface area contributed by atoms with Gasteiger partial charge in [0.1, 0.15) is 17.8 Å². The molecule has 1 unspecified atom stereocenters. The Morgan fingerprint density at radius 3 is 2.96 bits per heavy atom. The van der Waals surface area contributed by atoms with Crippen LogP contribution in [0.4, 0.5) is 5.82 Å². The molecule has 6 heteroatoms. The number of nitrogen functional groups attached to an aromatic ring is 1. The van der Waals surface area contributed by atoms with E-state index in [4.69, 9.17) is 5.73 Å². The number of thiazole rings is 1. The van der Waals surface area contributed by atoms with Crippen LogP contribution < -0.4 is 5.73 Å². The molecule has 0 bridgehead atoms. The molecular formula is C22H25N5S. The third-order valence-electron chi connectivity index (χ3n) is 6.26. The number of benzene rings is 1. The molecule has 144 valence electrons. The van der Waals surface area contributed by atoms with Gasteiger partial charge in [-0.2, -0.15) is 0 Å². The van der Waals surface area contributed by atoms with Crippen molar-refractivity contribution in [2.75, 3.05) is 5.73 Å². The predicted molar refractivity (Wildman–Crippen MR) is 115 cm³/mol. The molecule has 0 radical (unpaired) electrons. The molecule has 0 saturated heterocycles.